The van der Waals surface area contributed by atoms with Gasteiger partial charge in [-0.05, 0) is 30.3 Å². The van der Waals surface area contributed by atoms with E-state index in [1.165, 1.54) is 48.3 Å². The van der Waals surface area contributed by atoms with Gasteiger partial charge in [-0.2, -0.15) is 0 Å². The zero-order valence-corrected chi connectivity index (χ0v) is 10.6. The number of carbonyl (C=O) groups excluding carboxylic acids is 1. The molecular weight excluding hydrogens is 263 g/mol. The SMILES string of the molecule is CN(C(=O)c1cccc(C(=O)O)n1)c1cccc(F)c1. The molecule has 0 saturated carbocycles. The molecule has 20 heavy (non-hydrogen) atoms. The van der Waals surface area contributed by atoms with Crippen LogP contribution >= 0.6 is 0 Å². The summed E-state index contributed by atoms with van der Waals surface area (Å²) >= 11 is 0. The van der Waals surface area contributed by atoms with Gasteiger partial charge in [0.05, 0.1) is 0 Å². The first-order valence-electron chi connectivity index (χ1n) is 5.73. The van der Waals surface area contributed by atoms with E-state index < -0.39 is 17.7 Å². The van der Waals surface area contributed by atoms with E-state index in [0.717, 1.165) is 0 Å². The molecule has 5 nitrogen and oxygen atoms in total. The summed E-state index contributed by atoms with van der Waals surface area (Å²) in [6.45, 7) is 0. The van der Waals surface area contributed by atoms with Crippen molar-refractivity contribution in [2.75, 3.05) is 11.9 Å². The van der Waals surface area contributed by atoms with Gasteiger partial charge in [0.25, 0.3) is 5.91 Å². The van der Waals surface area contributed by atoms with Crippen LogP contribution in [0.3, 0.4) is 0 Å². The number of carbonyl (C=O) groups is 2. The number of aromatic carboxylic acids is 1. The highest BCUT2D eigenvalue weighted by molar-refractivity contribution is 6.04. The summed E-state index contributed by atoms with van der Waals surface area (Å²) < 4.78 is 13.1. The number of rotatable bonds is 3. The Bertz CT molecular complexity index is 673. The summed E-state index contributed by atoms with van der Waals surface area (Å²) in [5.74, 6) is -2.19. The van der Waals surface area contributed by atoms with Crippen molar-refractivity contribution < 1.29 is 19.1 Å². The Hall–Kier alpha value is -2.76. The van der Waals surface area contributed by atoms with E-state index in [1.54, 1.807) is 6.07 Å². The molecule has 6 heteroatoms. The zero-order valence-electron chi connectivity index (χ0n) is 10.6. The van der Waals surface area contributed by atoms with Crippen LogP contribution in [0.5, 0.6) is 0 Å². The molecule has 102 valence electrons. The van der Waals surface area contributed by atoms with Crippen LogP contribution in [0.2, 0.25) is 0 Å². The van der Waals surface area contributed by atoms with Crippen LogP contribution in [0.4, 0.5) is 10.1 Å². The molecule has 0 radical (unpaired) electrons. The van der Waals surface area contributed by atoms with E-state index in [9.17, 15) is 14.0 Å². The lowest BCUT2D eigenvalue weighted by Gasteiger charge is -2.16. The maximum atomic E-state index is 13.1. The van der Waals surface area contributed by atoms with Gasteiger partial charge in [-0.3, -0.25) is 4.79 Å². The molecule has 0 unspecified atom stereocenters. The molecule has 0 saturated heterocycles. The first-order valence-corrected chi connectivity index (χ1v) is 5.73. The summed E-state index contributed by atoms with van der Waals surface area (Å²) in [4.78, 5) is 28.0. The van der Waals surface area contributed by atoms with Crippen molar-refractivity contribution in [2.45, 2.75) is 0 Å². The van der Waals surface area contributed by atoms with Crippen molar-refractivity contribution >= 4 is 17.6 Å². The van der Waals surface area contributed by atoms with E-state index in [1.807, 2.05) is 0 Å². The number of carboxylic acid groups (broad SMARTS) is 1. The molecule has 0 spiro atoms. The fourth-order valence-electron chi connectivity index (χ4n) is 1.65. The number of halogens is 1. The fourth-order valence-corrected chi connectivity index (χ4v) is 1.65. The summed E-state index contributed by atoms with van der Waals surface area (Å²) in [6, 6.07) is 9.66. The predicted octanol–water partition coefficient (Wildman–Crippen LogP) is 2.20. The van der Waals surface area contributed by atoms with E-state index >= 15 is 0 Å². The Balaban J connectivity index is 2.31. The molecule has 2 rings (SSSR count). The van der Waals surface area contributed by atoms with Gasteiger partial charge in [0.1, 0.15) is 17.2 Å². The predicted molar refractivity (Wildman–Crippen MR) is 70.3 cm³/mol. The Morgan fingerprint density at radius 2 is 1.80 bits per heavy atom. The molecule has 1 amide bonds. The fraction of sp³-hybridized carbons (Fsp3) is 0.0714. The number of carboxylic acids is 1. The van der Waals surface area contributed by atoms with Crippen LogP contribution in [0.1, 0.15) is 21.0 Å². The van der Waals surface area contributed by atoms with Crippen molar-refractivity contribution in [2.24, 2.45) is 0 Å². The molecule has 0 aliphatic carbocycles. The summed E-state index contributed by atoms with van der Waals surface area (Å²) in [6.07, 6.45) is 0. The second kappa shape index (κ2) is 5.48. The number of benzene rings is 1. The molecule has 1 heterocycles. The second-order valence-corrected chi connectivity index (χ2v) is 4.06. The van der Waals surface area contributed by atoms with Crippen LogP contribution < -0.4 is 4.90 Å². The van der Waals surface area contributed by atoms with E-state index in [2.05, 4.69) is 4.98 Å². The molecule has 0 aliphatic heterocycles. The molecule has 1 aromatic heterocycles. The number of aromatic nitrogens is 1. The smallest absolute Gasteiger partial charge is 0.354 e. The van der Waals surface area contributed by atoms with E-state index in [4.69, 9.17) is 5.11 Å². The lowest BCUT2D eigenvalue weighted by Crippen LogP contribution is -2.27. The van der Waals surface area contributed by atoms with Crippen LogP contribution in [-0.2, 0) is 0 Å². The third-order valence-corrected chi connectivity index (χ3v) is 2.69. The first kappa shape index (κ1) is 13.7. The van der Waals surface area contributed by atoms with Gasteiger partial charge in [0, 0.05) is 12.7 Å². The lowest BCUT2D eigenvalue weighted by molar-refractivity contribution is 0.0690. The van der Waals surface area contributed by atoms with Crippen LogP contribution in [0.25, 0.3) is 0 Å². The minimum Gasteiger partial charge on any atom is -0.477 e. The number of nitrogens with zero attached hydrogens (tertiary/aromatic N) is 2. The third-order valence-electron chi connectivity index (χ3n) is 2.69. The normalized spacial score (nSPS) is 10.1. The van der Waals surface area contributed by atoms with Crippen molar-refractivity contribution in [3.05, 3.63) is 59.7 Å². The largest absolute Gasteiger partial charge is 0.477 e. The van der Waals surface area contributed by atoms with Crippen LogP contribution in [-0.4, -0.2) is 29.0 Å². The molecule has 0 bridgehead atoms. The molecular formula is C14H11FN2O3. The Morgan fingerprint density at radius 3 is 2.45 bits per heavy atom. The summed E-state index contributed by atoms with van der Waals surface area (Å²) in [5.41, 5.74) is 0.123. The highest BCUT2D eigenvalue weighted by Gasteiger charge is 2.17. The Labute approximate surface area is 114 Å². The second-order valence-electron chi connectivity index (χ2n) is 4.06. The average molecular weight is 274 g/mol. The number of amides is 1. The molecule has 0 aliphatic rings. The maximum Gasteiger partial charge on any atom is 0.354 e. The molecule has 0 fully saturated rings. The minimum absolute atomic E-state index is 0.0170. The summed E-state index contributed by atoms with van der Waals surface area (Å²) in [5, 5.41) is 8.85. The molecule has 2 aromatic rings. The quantitative estimate of drug-likeness (QED) is 0.931. The van der Waals surface area contributed by atoms with Crippen molar-refractivity contribution in [1.29, 1.82) is 0 Å². The number of pyridine rings is 1. The van der Waals surface area contributed by atoms with Gasteiger partial charge in [0.2, 0.25) is 0 Å². The third kappa shape index (κ3) is 2.80. The van der Waals surface area contributed by atoms with E-state index in [-0.39, 0.29) is 11.4 Å². The van der Waals surface area contributed by atoms with Gasteiger partial charge in [0.15, 0.2) is 0 Å². The van der Waals surface area contributed by atoms with Gasteiger partial charge in [-0.1, -0.05) is 12.1 Å². The van der Waals surface area contributed by atoms with Gasteiger partial charge >= 0.3 is 5.97 Å². The average Bonchev–Trinajstić information content (AvgIpc) is 2.45. The topological polar surface area (TPSA) is 70.5 Å². The first-order chi connectivity index (χ1) is 9.49. The maximum absolute atomic E-state index is 13.1. The summed E-state index contributed by atoms with van der Waals surface area (Å²) in [7, 11) is 1.46. The molecule has 0 atom stereocenters. The lowest BCUT2D eigenvalue weighted by atomic mass is 10.2. The van der Waals surface area contributed by atoms with Crippen LogP contribution in [0, 0.1) is 5.82 Å². The zero-order chi connectivity index (χ0) is 14.7. The van der Waals surface area contributed by atoms with Gasteiger partial charge < -0.3 is 10.0 Å². The minimum atomic E-state index is -1.21. The van der Waals surface area contributed by atoms with Crippen molar-refractivity contribution in [1.82, 2.24) is 4.98 Å². The highest BCUT2D eigenvalue weighted by Crippen LogP contribution is 2.16. The Morgan fingerprint density at radius 1 is 1.15 bits per heavy atom. The monoisotopic (exact) mass is 274 g/mol. The van der Waals surface area contributed by atoms with E-state index in [0.29, 0.717) is 5.69 Å². The molecule has 1 N–H and O–H groups in total. The van der Waals surface area contributed by atoms with Gasteiger partial charge in [-0.15, -0.1) is 0 Å². The van der Waals surface area contributed by atoms with Gasteiger partial charge in [-0.25, -0.2) is 14.2 Å². The standard InChI is InChI=1S/C14H11FN2O3/c1-17(10-5-2-4-9(15)8-10)13(18)11-6-3-7-12(16-11)14(19)20/h2-8H,1H3,(H,19,20). The number of hydrogen-bond donors (Lipinski definition) is 1. The number of anilines is 1. The van der Waals surface area contributed by atoms with Crippen LogP contribution in [0.15, 0.2) is 42.5 Å². The number of hydrogen-bond acceptors (Lipinski definition) is 3. The van der Waals surface area contributed by atoms with Crippen molar-refractivity contribution in [3.8, 4) is 0 Å². The van der Waals surface area contributed by atoms with Crippen molar-refractivity contribution in [3.63, 3.8) is 0 Å². The highest BCUT2D eigenvalue weighted by atomic mass is 19.1. The Kier molecular flexibility index (Phi) is 3.74. The molecule has 1 aromatic carbocycles.